The Balaban J connectivity index is 2.47. The Bertz CT molecular complexity index is 2760. The van der Waals surface area contributed by atoms with Crippen molar-refractivity contribution >= 4 is 23.9 Å². The minimum atomic E-state index is -2.46. The minimum Gasteiger partial charge on any atom is -0.507 e. The average molecular weight is 1180 g/mol. The third kappa shape index (κ3) is 15.6. The van der Waals surface area contributed by atoms with Crippen molar-refractivity contribution in [3.05, 3.63) is 115 Å². The first-order valence-corrected chi connectivity index (χ1v) is 30.3. The molecule has 4 rings (SSSR count). The number of aromatic hydroxyl groups is 4. The molecule has 4 unspecified atom stereocenters. The predicted molar refractivity (Wildman–Crippen MR) is 342 cm³/mol. The first-order chi connectivity index (χ1) is 37.9. The molecule has 0 heterocycles. The topological polar surface area (TPSA) is 230 Å². The molecule has 0 aliphatic rings. The Hall–Kier alpha value is -6.04. The van der Waals surface area contributed by atoms with Gasteiger partial charge in [0, 0.05) is 5.41 Å². The van der Waals surface area contributed by atoms with Crippen LogP contribution in [0.2, 0.25) is 0 Å². The summed E-state index contributed by atoms with van der Waals surface area (Å²) in [7, 11) is 0. The first kappa shape index (κ1) is 71.4. The van der Waals surface area contributed by atoms with Crippen molar-refractivity contribution in [3.63, 3.8) is 0 Å². The predicted octanol–water partition coefficient (Wildman–Crippen LogP) is 16.4. The Kier molecular flexibility index (Phi) is 20.1. The van der Waals surface area contributed by atoms with Crippen LogP contribution >= 0.6 is 0 Å². The summed E-state index contributed by atoms with van der Waals surface area (Å²) in [5.41, 5.74) is -3.76. The first-order valence-electron chi connectivity index (χ1n) is 30.3. The molecule has 0 fully saturated rings. The van der Waals surface area contributed by atoms with Crippen molar-refractivity contribution in [3.8, 4) is 23.0 Å². The molecule has 85 heavy (non-hydrogen) atoms. The van der Waals surface area contributed by atoms with E-state index in [0.717, 1.165) is 0 Å². The van der Waals surface area contributed by atoms with Gasteiger partial charge in [0.2, 0.25) is 0 Å². The van der Waals surface area contributed by atoms with E-state index in [-0.39, 0.29) is 29.4 Å². The second-order valence-corrected chi connectivity index (χ2v) is 33.7. The summed E-state index contributed by atoms with van der Waals surface area (Å²) in [6.07, 6.45) is -1.89. The lowest BCUT2D eigenvalue weighted by molar-refractivity contribution is -0.188. The van der Waals surface area contributed by atoms with Crippen LogP contribution in [0.15, 0.2) is 48.5 Å². The van der Waals surface area contributed by atoms with Crippen molar-refractivity contribution in [2.45, 2.75) is 255 Å². The maximum Gasteiger partial charge on any atom is 0.307 e. The fourth-order valence-electron chi connectivity index (χ4n) is 13.4. The second-order valence-electron chi connectivity index (χ2n) is 33.7. The largest absolute Gasteiger partial charge is 0.507 e. The molecule has 0 radical (unpaired) electrons. The van der Waals surface area contributed by atoms with Crippen LogP contribution in [0.1, 0.15) is 253 Å². The molecule has 0 saturated heterocycles. The molecule has 8 N–H and O–H groups in total. The van der Waals surface area contributed by atoms with E-state index in [1.807, 2.05) is 166 Å². The number of aliphatic carboxylic acids is 4. The highest BCUT2D eigenvalue weighted by molar-refractivity contribution is 5.82. The highest BCUT2D eigenvalue weighted by atomic mass is 16.4. The van der Waals surface area contributed by atoms with Crippen LogP contribution in [0.5, 0.6) is 23.0 Å². The molecule has 0 aromatic heterocycles. The molecule has 472 valence electrons. The van der Waals surface area contributed by atoms with Crippen molar-refractivity contribution in [2.75, 3.05) is 0 Å². The Morgan fingerprint density at radius 2 is 0.459 bits per heavy atom. The molecule has 4 aromatic rings. The summed E-state index contributed by atoms with van der Waals surface area (Å²) in [4.78, 5) is 60.5. The maximum atomic E-state index is 15.4. The van der Waals surface area contributed by atoms with Gasteiger partial charge in [-0.25, -0.2) is 0 Å². The van der Waals surface area contributed by atoms with E-state index in [2.05, 4.69) is 0 Å². The van der Waals surface area contributed by atoms with Crippen molar-refractivity contribution in [2.24, 2.45) is 34.5 Å². The molecular weight excluding hydrogens is 1070 g/mol. The molecule has 0 aliphatic carbocycles. The van der Waals surface area contributed by atoms with E-state index in [4.69, 9.17) is 0 Å². The van der Waals surface area contributed by atoms with E-state index in [0.29, 0.717) is 66.8 Å². The standard InChI is InChI=1S/C73H108O12/c1-64(2,3)45-28-40(29-46(56(45)74)65(4,5)6)27-44(60(78)79)39-72(25,26)73(53(61(80)81)36-41-30-47(66(7,8)9)57(75)48(31-41)67(10,11)12,54(62(82)83)37-42-32-49(68(13,14)15)58(76)50(33-42)69(16,17)18)55(63(84)85)38-43-34-51(70(19,20)21)59(77)52(35-43)71(22,23)24/h28-35,44,53-55,74-77H,27,36-39H2,1-26H3,(H,78,79)(H,80,81)(H,82,83)(H,84,85). The van der Waals surface area contributed by atoms with Crippen LogP contribution in [0, 0.1) is 34.5 Å². The van der Waals surface area contributed by atoms with Crippen LogP contribution in [0.4, 0.5) is 0 Å². The van der Waals surface area contributed by atoms with Crippen LogP contribution in [-0.4, -0.2) is 64.7 Å². The lowest BCUT2D eigenvalue weighted by Crippen LogP contribution is -2.62. The Labute approximate surface area is 509 Å². The molecule has 12 nitrogen and oxygen atoms in total. The SMILES string of the molecule is CC(C)(C)c1cc(CC(CC(C)(C)C(C(Cc2cc(C(C)(C)C)c(O)c(C(C)(C)C)c2)C(=O)O)(C(Cc2cc(C(C)(C)C)c(O)c(C(C)(C)C)c2)C(=O)O)C(Cc2cc(C(C)(C)C)c(O)c(C(C)(C)C)c2)C(=O)O)C(=O)O)cc(C(C)(C)C)c1O. The number of carboxylic acids is 4. The number of carbonyl (C=O) groups is 4. The monoisotopic (exact) mass is 1180 g/mol. The van der Waals surface area contributed by atoms with Gasteiger partial charge in [0.1, 0.15) is 23.0 Å². The number of benzene rings is 4. The lowest BCUT2D eigenvalue weighted by Gasteiger charge is -2.57. The van der Waals surface area contributed by atoms with E-state index >= 15 is 14.4 Å². The number of phenols is 4. The zero-order chi connectivity index (χ0) is 66.0. The van der Waals surface area contributed by atoms with Gasteiger partial charge >= 0.3 is 23.9 Å². The van der Waals surface area contributed by atoms with E-state index in [1.54, 1.807) is 62.4 Å². The fraction of sp³-hybridized carbons (Fsp3) is 0.616. The highest BCUT2D eigenvalue weighted by Gasteiger charge is 2.66. The third-order valence-corrected chi connectivity index (χ3v) is 17.8. The van der Waals surface area contributed by atoms with Gasteiger partial charge in [-0.1, -0.05) is 229 Å². The minimum absolute atomic E-state index is 0.0186. The molecular formula is C73H108O12. The van der Waals surface area contributed by atoms with E-state index in [1.165, 1.54) is 0 Å². The summed E-state index contributed by atoms with van der Waals surface area (Å²) >= 11 is 0. The lowest BCUT2D eigenvalue weighted by atomic mass is 9.44. The average Bonchev–Trinajstić information content (AvgIpc) is 1.64. The number of phenolic OH excluding ortho intramolecular Hbond substituents is 4. The van der Waals surface area contributed by atoms with Crippen molar-refractivity contribution in [1.29, 1.82) is 0 Å². The maximum absolute atomic E-state index is 15.4. The van der Waals surface area contributed by atoms with Gasteiger partial charge in [-0.15, -0.1) is 0 Å². The van der Waals surface area contributed by atoms with Crippen LogP contribution < -0.4 is 0 Å². The van der Waals surface area contributed by atoms with Gasteiger partial charge in [-0.3, -0.25) is 19.2 Å². The quantitative estimate of drug-likeness (QED) is 0.0465. The smallest absolute Gasteiger partial charge is 0.307 e. The van der Waals surface area contributed by atoms with Crippen molar-refractivity contribution < 1.29 is 60.0 Å². The fourth-order valence-corrected chi connectivity index (χ4v) is 13.4. The molecule has 0 amide bonds. The zero-order valence-electron chi connectivity index (χ0n) is 56.7. The number of hydrogen-bond donors (Lipinski definition) is 8. The van der Waals surface area contributed by atoms with Crippen LogP contribution in [0.3, 0.4) is 0 Å². The zero-order valence-corrected chi connectivity index (χ0v) is 56.7. The van der Waals surface area contributed by atoms with Gasteiger partial charge in [0.15, 0.2) is 0 Å². The van der Waals surface area contributed by atoms with Crippen LogP contribution in [-0.2, 0) is 88.2 Å². The number of rotatable bonds is 18. The van der Waals surface area contributed by atoms with Crippen LogP contribution in [0.25, 0.3) is 0 Å². The third-order valence-electron chi connectivity index (χ3n) is 17.8. The Morgan fingerprint density at radius 1 is 0.294 bits per heavy atom. The van der Waals surface area contributed by atoms with E-state index in [9.17, 15) is 45.6 Å². The van der Waals surface area contributed by atoms with Crippen molar-refractivity contribution in [1.82, 2.24) is 0 Å². The Morgan fingerprint density at radius 3 is 0.600 bits per heavy atom. The summed E-state index contributed by atoms with van der Waals surface area (Å²) in [6.45, 7) is 49.5. The molecule has 0 spiro atoms. The molecule has 12 heteroatoms. The second kappa shape index (κ2) is 23.9. The molecule has 4 atom stereocenters. The molecule has 0 aliphatic heterocycles. The van der Waals surface area contributed by atoms with Gasteiger partial charge < -0.3 is 40.9 Å². The summed E-state index contributed by atoms with van der Waals surface area (Å²) in [5.74, 6) is -12.7. The van der Waals surface area contributed by atoms with Gasteiger partial charge in [0.05, 0.1) is 23.7 Å². The van der Waals surface area contributed by atoms with Gasteiger partial charge in [-0.2, -0.15) is 0 Å². The van der Waals surface area contributed by atoms with E-state index < -0.39 is 127 Å². The summed E-state index contributed by atoms with van der Waals surface area (Å²) in [6, 6.07) is 13.9. The van der Waals surface area contributed by atoms with Gasteiger partial charge in [-0.05, 0) is 148 Å². The number of hydrogen-bond acceptors (Lipinski definition) is 8. The highest BCUT2D eigenvalue weighted by Crippen LogP contribution is 2.62. The number of carboxylic acid groups (broad SMARTS) is 4. The summed E-state index contributed by atoms with van der Waals surface area (Å²) in [5, 5.41) is 97.1. The molecule has 0 bridgehead atoms. The normalized spacial score (nSPS) is 15.6. The molecule has 0 saturated carbocycles. The molecule has 4 aromatic carbocycles. The van der Waals surface area contributed by atoms with Gasteiger partial charge in [0.25, 0.3) is 0 Å². The summed E-state index contributed by atoms with van der Waals surface area (Å²) < 4.78 is 0.